The Balaban J connectivity index is 2.04. The molecule has 21 heavy (non-hydrogen) atoms. The second-order valence-corrected chi connectivity index (χ2v) is 5.33. The van der Waals surface area contributed by atoms with E-state index in [0.717, 1.165) is 6.42 Å². The fourth-order valence-corrected chi connectivity index (χ4v) is 2.15. The zero-order valence-corrected chi connectivity index (χ0v) is 12.6. The molecule has 2 N–H and O–H groups in total. The van der Waals surface area contributed by atoms with Crippen LogP contribution in [0.15, 0.2) is 18.2 Å². The van der Waals surface area contributed by atoms with Crippen molar-refractivity contribution in [1.29, 1.82) is 0 Å². The van der Waals surface area contributed by atoms with Crippen LogP contribution >= 0.6 is 0 Å². The predicted octanol–water partition coefficient (Wildman–Crippen LogP) is 2.13. The fraction of sp³-hybridized carbons (Fsp3) is 0.562. The standard InChI is InChI=1S/C16H23NO4/c1-3-16(19,4-2)11-17-15(18)12-6-7-13-14(10-12)21-9-5-8-20-13/h6-7,10,19H,3-5,8-9,11H2,1-2H3,(H,17,18). The van der Waals surface area contributed by atoms with Gasteiger partial charge in [0.15, 0.2) is 11.5 Å². The van der Waals surface area contributed by atoms with Crippen LogP contribution in [0.5, 0.6) is 11.5 Å². The third-order valence-corrected chi connectivity index (χ3v) is 3.90. The topological polar surface area (TPSA) is 67.8 Å². The Morgan fingerprint density at radius 3 is 2.57 bits per heavy atom. The summed E-state index contributed by atoms with van der Waals surface area (Å²) in [5, 5.41) is 13.0. The van der Waals surface area contributed by atoms with Gasteiger partial charge in [0.05, 0.1) is 18.8 Å². The van der Waals surface area contributed by atoms with Crippen molar-refractivity contribution in [3.8, 4) is 11.5 Å². The quantitative estimate of drug-likeness (QED) is 0.872. The van der Waals surface area contributed by atoms with Gasteiger partial charge in [-0.25, -0.2) is 0 Å². The number of carbonyl (C=O) groups excluding carboxylic acids is 1. The van der Waals surface area contributed by atoms with Crippen LogP contribution in [0, 0.1) is 0 Å². The van der Waals surface area contributed by atoms with E-state index in [1.165, 1.54) is 0 Å². The molecule has 0 saturated carbocycles. The molecular weight excluding hydrogens is 270 g/mol. The summed E-state index contributed by atoms with van der Waals surface area (Å²) >= 11 is 0. The SMILES string of the molecule is CCC(O)(CC)CNC(=O)c1ccc2c(c1)OCCCO2. The number of hydrogen-bond acceptors (Lipinski definition) is 4. The van der Waals surface area contributed by atoms with Crippen LogP contribution in [-0.2, 0) is 0 Å². The fourth-order valence-electron chi connectivity index (χ4n) is 2.15. The van der Waals surface area contributed by atoms with Crippen LogP contribution in [0.4, 0.5) is 0 Å². The number of aliphatic hydroxyl groups is 1. The average Bonchev–Trinajstić information content (AvgIpc) is 2.76. The van der Waals surface area contributed by atoms with Crippen molar-refractivity contribution in [2.75, 3.05) is 19.8 Å². The van der Waals surface area contributed by atoms with Crippen LogP contribution in [0.3, 0.4) is 0 Å². The predicted molar refractivity (Wildman–Crippen MR) is 79.9 cm³/mol. The van der Waals surface area contributed by atoms with Gasteiger partial charge in [0, 0.05) is 18.5 Å². The van der Waals surface area contributed by atoms with E-state index >= 15 is 0 Å². The van der Waals surface area contributed by atoms with Crippen LogP contribution in [0.25, 0.3) is 0 Å². The van der Waals surface area contributed by atoms with Crippen LogP contribution in [0.2, 0.25) is 0 Å². The highest BCUT2D eigenvalue weighted by molar-refractivity contribution is 5.94. The van der Waals surface area contributed by atoms with E-state index in [4.69, 9.17) is 9.47 Å². The van der Waals surface area contributed by atoms with Gasteiger partial charge in [-0.3, -0.25) is 4.79 Å². The van der Waals surface area contributed by atoms with Crippen molar-refractivity contribution in [1.82, 2.24) is 5.32 Å². The molecule has 5 nitrogen and oxygen atoms in total. The van der Waals surface area contributed by atoms with Crippen molar-refractivity contribution in [2.24, 2.45) is 0 Å². The Kier molecular flexibility index (Phi) is 5.07. The lowest BCUT2D eigenvalue weighted by molar-refractivity contribution is 0.0314. The molecule has 0 saturated heterocycles. The second kappa shape index (κ2) is 6.80. The maximum absolute atomic E-state index is 12.2. The van der Waals surface area contributed by atoms with Crippen molar-refractivity contribution in [2.45, 2.75) is 38.7 Å². The minimum absolute atomic E-state index is 0.217. The molecule has 0 aliphatic carbocycles. The van der Waals surface area contributed by atoms with Crippen LogP contribution in [-0.4, -0.2) is 36.4 Å². The summed E-state index contributed by atoms with van der Waals surface area (Å²) in [5.41, 5.74) is -0.338. The third-order valence-electron chi connectivity index (χ3n) is 3.90. The number of carbonyl (C=O) groups is 1. The van der Waals surface area contributed by atoms with Gasteiger partial charge < -0.3 is 19.9 Å². The van der Waals surface area contributed by atoms with Crippen LogP contribution in [0.1, 0.15) is 43.5 Å². The van der Waals surface area contributed by atoms with E-state index in [1.807, 2.05) is 13.8 Å². The first-order valence-electron chi connectivity index (χ1n) is 7.48. The lowest BCUT2D eigenvalue weighted by Crippen LogP contribution is -2.42. The number of hydrogen-bond donors (Lipinski definition) is 2. The number of benzene rings is 1. The highest BCUT2D eigenvalue weighted by Crippen LogP contribution is 2.30. The smallest absolute Gasteiger partial charge is 0.251 e. The molecule has 1 aromatic carbocycles. The first-order chi connectivity index (χ1) is 10.1. The largest absolute Gasteiger partial charge is 0.490 e. The number of nitrogens with one attached hydrogen (secondary N) is 1. The molecule has 1 amide bonds. The van der Waals surface area contributed by atoms with Crippen molar-refractivity contribution in [3.05, 3.63) is 23.8 Å². The maximum atomic E-state index is 12.2. The first kappa shape index (κ1) is 15.6. The average molecular weight is 293 g/mol. The van der Waals surface area contributed by atoms with Gasteiger partial charge in [0.25, 0.3) is 5.91 Å². The van der Waals surface area contributed by atoms with Crippen molar-refractivity contribution < 1.29 is 19.4 Å². The monoisotopic (exact) mass is 293 g/mol. The summed E-state index contributed by atoms with van der Waals surface area (Å²) in [6.45, 7) is 5.27. The molecule has 116 valence electrons. The highest BCUT2D eigenvalue weighted by Gasteiger charge is 2.23. The van der Waals surface area contributed by atoms with Gasteiger partial charge in [-0.05, 0) is 31.0 Å². The number of rotatable bonds is 5. The normalized spacial score (nSPS) is 14.4. The van der Waals surface area contributed by atoms with Crippen molar-refractivity contribution in [3.63, 3.8) is 0 Å². The Labute approximate surface area is 125 Å². The molecule has 0 fully saturated rings. The molecule has 1 aromatic rings. The zero-order chi connectivity index (χ0) is 15.3. The summed E-state index contributed by atoms with van der Waals surface area (Å²) in [4.78, 5) is 12.2. The summed E-state index contributed by atoms with van der Waals surface area (Å²) in [6, 6.07) is 5.15. The molecule has 0 unspecified atom stereocenters. The van der Waals surface area contributed by atoms with Gasteiger partial charge in [-0.1, -0.05) is 13.8 Å². The van der Waals surface area contributed by atoms with Gasteiger partial charge in [0.1, 0.15) is 0 Å². The highest BCUT2D eigenvalue weighted by atomic mass is 16.5. The van der Waals surface area contributed by atoms with E-state index in [1.54, 1.807) is 18.2 Å². The molecular formula is C16H23NO4. The lowest BCUT2D eigenvalue weighted by atomic mass is 9.97. The molecule has 0 bridgehead atoms. The molecule has 2 rings (SSSR count). The second-order valence-electron chi connectivity index (χ2n) is 5.33. The molecule has 1 heterocycles. The molecule has 1 aliphatic rings. The lowest BCUT2D eigenvalue weighted by Gasteiger charge is -2.25. The van der Waals surface area contributed by atoms with Gasteiger partial charge in [-0.2, -0.15) is 0 Å². The van der Waals surface area contributed by atoms with E-state index < -0.39 is 5.60 Å². The Hall–Kier alpha value is -1.75. The molecule has 0 aromatic heterocycles. The summed E-state index contributed by atoms with van der Waals surface area (Å²) in [6.07, 6.45) is 2.03. The Bertz CT molecular complexity index is 497. The minimum atomic E-state index is -0.846. The molecule has 0 spiro atoms. The Morgan fingerprint density at radius 1 is 1.24 bits per heavy atom. The summed E-state index contributed by atoms with van der Waals surface area (Å²) < 4.78 is 11.1. The Morgan fingerprint density at radius 2 is 1.90 bits per heavy atom. The molecule has 5 heteroatoms. The first-order valence-corrected chi connectivity index (χ1v) is 7.48. The zero-order valence-electron chi connectivity index (χ0n) is 12.6. The summed E-state index contributed by atoms with van der Waals surface area (Å²) in [5.74, 6) is 1.05. The molecule has 0 atom stereocenters. The van der Waals surface area contributed by atoms with Gasteiger partial charge >= 0.3 is 0 Å². The number of amides is 1. The maximum Gasteiger partial charge on any atom is 0.251 e. The number of fused-ring (bicyclic) bond motifs is 1. The van der Waals surface area contributed by atoms with Gasteiger partial charge in [0.2, 0.25) is 0 Å². The summed E-state index contributed by atoms with van der Waals surface area (Å²) in [7, 11) is 0. The minimum Gasteiger partial charge on any atom is -0.490 e. The van der Waals surface area contributed by atoms with E-state index in [9.17, 15) is 9.90 Å². The third kappa shape index (κ3) is 3.88. The molecule has 1 aliphatic heterocycles. The van der Waals surface area contributed by atoms with Crippen molar-refractivity contribution >= 4 is 5.91 Å². The molecule has 0 radical (unpaired) electrons. The van der Waals surface area contributed by atoms with Gasteiger partial charge in [-0.15, -0.1) is 0 Å². The van der Waals surface area contributed by atoms with E-state index in [-0.39, 0.29) is 12.5 Å². The number of ether oxygens (including phenoxy) is 2. The van der Waals surface area contributed by atoms with E-state index in [0.29, 0.717) is 43.1 Å². The van der Waals surface area contributed by atoms with E-state index in [2.05, 4.69) is 5.32 Å². The van der Waals surface area contributed by atoms with Crippen LogP contribution < -0.4 is 14.8 Å².